The van der Waals surface area contributed by atoms with Gasteiger partial charge >= 0.3 is 5.97 Å². The van der Waals surface area contributed by atoms with Gasteiger partial charge in [-0.1, -0.05) is 66.7 Å². The molecule has 0 spiro atoms. The molecule has 5 aromatic rings. The summed E-state index contributed by atoms with van der Waals surface area (Å²) in [6, 6.07) is 32.2. The van der Waals surface area contributed by atoms with Gasteiger partial charge in [-0.25, -0.2) is 0 Å². The monoisotopic (exact) mass is 727 g/mol. The molecule has 4 amide bonds. The van der Waals surface area contributed by atoms with Gasteiger partial charge in [0.15, 0.2) is 6.04 Å². The summed E-state index contributed by atoms with van der Waals surface area (Å²) in [5.74, 6) is -2.81. The number of nitrogens with zero attached hydrogens (tertiary/aromatic N) is 4. The van der Waals surface area contributed by atoms with Gasteiger partial charge < -0.3 is 19.5 Å². The fourth-order valence-electron chi connectivity index (χ4n) is 6.79. The Bertz CT molecular complexity index is 2170. The Labute approximate surface area is 315 Å². The molecule has 0 bridgehead atoms. The van der Waals surface area contributed by atoms with Gasteiger partial charge in [0.25, 0.3) is 17.7 Å². The molecule has 6 rings (SSSR count). The van der Waals surface area contributed by atoms with Crippen molar-refractivity contribution in [2.75, 3.05) is 21.2 Å². The Balaban J connectivity index is 1.38. The average molecular weight is 728 g/mol. The summed E-state index contributed by atoms with van der Waals surface area (Å²) in [5, 5.41) is 3.55. The lowest BCUT2D eigenvalue weighted by molar-refractivity contribution is -0.155. The molecule has 0 saturated heterocycles. The number of nitrogens with one attached hydrogen (secondary N) is 1. The van der Waals surface area contributed by atoms with Crippen LogP contribution in [-0.4, -0.2) is 58.4 Å². The van der Waals surface area contributed by atoms with Crippen LogP contribution in [0.3, 0.4) is 0 Å². The second kappa shape index (κ2) is 15.8. The van der Waals surface area contributed by atoms with E-state index < -0.39 is 35.9 Å². The number of carbonyl (C=O) groups excluding carboxylic acids is 5. The standard InChI is InChI=1S/C43H45N5O6/c1-29(2)47(31-18-8-6-9-19-31)37(49)28-46-34-23-14-15-24-35(34)48(32-20-10-7-11-21-32)42(53)39(41(46)52)44-40(51)36-27-30-17-12-13-22-33(30)45(36)26-16-25-38(50)54-43(3,4)5/h6-15,17-24,27,29,39H,16,25-26,28H2,1-5H3,(H,44,51). The number of para-hydroxylation sites is 5. The molecule has 0 radical (unpaired) electrons. The minimum Gasteiger partial charge on any atom is -0.460 e. The number of ether oxygens (including phenoxy) is 1. The first kappa shape index (κ1) is 37.5. The number of esters is 1. The Morgan fingerprint density at radius 2 is 1.41 bits per heavy atom. The lowest BCUT2D eigenvalue weighted by Gasteiger charge is -2.31. The van der Waals surface area contributed by atoms with Gasteiger partial charge in [-0.15, -0.1) is 0 Å². The van der Waals surface area contributed by atoms with Gasteiger partial charge in [-0.2, -0.15) is 0 Å². The lowest BCUT2D eigenvalue weighted by Crippen LogP contribution is -2.56. The highest BCUT2D eigenvalue weighted by atomic mass is 16.6. The largest absolute Gasteiger partial charge is 0.460 e. The van der Waals surface area contributed by atoms with E-state index in [2.05, 4.69) is 5.32 Å². The van der Waals surface area contributed by atoms with Crippen LogP contribution < -0.4 is 20.0 Å². The maximum absolute atomic E-state index is 14.8. The number of hydrogen-bond acceptors (Lipinski definition) is 6. The third kappa shape index (κ3) is 8.05. The van der Waals surface area contributed by atoms with Crippen molar-refractivity contribution in [2.45, 2.75) is 71.7 Å². The highest BCUT2D eigenvalue weighted by Gasteiger charge is 2.43. The molecule has 1 aliphatic heterocycles. The normalized spacial score (nSPS) is 14.5. The molecule has 11 heteroatoms. The number of amides is 4. The first-order valence-corrected chi connectivity index (χ1v) is 18.1. The minimum absolute atomic E-state index is 0.133. The molecule has 1 aliphatic rings. The summed E-state index contributed by atoms with van der Waals surface area (Å²) in [4.78, 5) is 74.9. The van der Waals surface area contributed by atoms with Crippen molar-refractivity contribution < 1.29 is 28.7 Å². The fraction of sp³-hybridized carbons (Fsp3) is 0.279. The van der Waals surface area contributed by atoms with E-state index in [1.165, 1.54) is 9.80 Å². The Kier molecular flexibility index (Phi) is 11.0. The van der Waals surface area contributed by atoms with E-state index in [1.807, 2.05) is 74.5 Å². The smallest absolute Gasteiger partial charge is 0.306 e. The van der Waals surface area contributed by atoms with Gasteiger partial charge in [0, 0.05) is 41.3 Å². The molecule has 11 nitrogen and oxygen atoms in total. The summed E-state index contributed by atoms with van der Waals surface area (Å²) >= 11 is 0. The van der Waals surface area contributed by atoms with E-state index >= 15 is 0 Å². The Hall–Kier alpha value is -6.23. The van der Waals surface area contributed by atoms with Crippen LogP contribution in [0.1, 0.15) is 57.9 Å². The highest BCUT2D eigenvalue weighted by Crippen LogP contribution is 2.38. The third-order valence-electron chi connectivity index (χ3n) is 9.02. The summed E-state index contributed by atoms with van der Waals surface area (Å²) in [6.07, 6.45) is 0.518. The molecule has 4 aromatic carbocycles. The number of benzene rings is 4. The van der Waals surface area contributed by atoms with E-state index in [1.54, 1.807) is 84.8 Å². The van der Waals surface area contributed by atoms with E-state index in [9.17, 15) is 24.0 Å². The molecule has 278 valence electrons. The lowest BCUT2D eigenvalue weighted by atomic mass is 10.1. The second-order valence-electron chi connectivity index (χ2n) is 14.5. The number of anilines is 4. The zero-order valence-electron chi connectivity index (χ0n) is 31.2. The molecular weight excluding hydrogens is 683 g/mol. The topological polar surface area (TPSA) is 121 Å². The first-order valence-electron chi connectivity index (χ1n) is 18.1. The van der Waals surface area contributed by atoms with E-state index in [0.717, 1.165) is 10.9 Å². The van der Waals surface area contributed by atoms with Crippen LogP contribution in [-0.2, 0) is 30.5 Å². The maximum Gasteiger partial charge on any atom is 0.306 e. The van der Waals surface area contributed by atoms with Crippen molar-refractivity contribution in [3.63, 3.8) is 0 Å². The van der Waals surface area contributed by atoms with Gasteiger partial charge in [0.1, 0.15) is 17.8 Å². The zero-order valence-corrected chi connectivity index (χ0v) is 31.2. The van der Waals surface area contributed by atoms with Crippen LogP contribution in [0.4, 0.5) is 22.7 Å². The second-order valence-corrected chi connectivity index (χ2v) is 14.5. The minimum atomic E-state index is -1.70. The van der Waals surface area contributed by atoms with Crippen LogP contribution >= 0.6 is 0 Å². The highest BCUT2D eigenvalue weighted by molar-refractivity contribution is 6.25. The summed E-state index contributed by atoms with van der Waals surface area (Å²) < 4.78 is 7.27. The fourth-order valence-corrected chi connectivity index (χ4v) is 6.79. The SMILES string of the molecule is CC(C)N(C(=O)CN1C(=O)C(NC(=O)c2cc3ccccc3n2CCCC(=O)OC(C)(C)C)C(=O)N(c2ccccc2)c2ccccc21)c1ccccc1. The molecule has 1 aromatic heterocycles. The van der Waals surface area contributed by atoms with E-state index in [0.29, 0.717) is 35.7 Å². The summed E-state index contributed by atoms with van der Waals surface area (Å²) in [7, 11) is 0. The third-order valence-corrected chi connectivity index (χ3v) is 9.02. The van der Waals surface area contributed by atoms with Crippen molar-refractivity contribution in [1.82, 2.24) is 9.88 Å². The van der Waals surface area contributed by atoms with E-state index in [-0.39, 0.29) is 30.0 Å². The summed E-state index contributed by atoms with van der Waals surface area (Å²) in [5.41, 5.74) is 2.23. The molecule has 2 heterocycles. The van der Waals surface area contributed by atoms with Crippen LogP contribution in [0, 0.1) is 0 Å². The predicted molar refractivity (Wildman–Crippen MR) is 210 cm³/mol. The van der Waals surface area contributed by atoms with Gasteiger partial charge in [-0.05, 0) is 89.6 Å². The number of hydrogen-bond donors (Lipinski definition) is 1. The molecule has 1 atom stereocenters. The first-order chi connectivity index (χ1) is 25.8. The van der Waals surface area contributed by atoms with Crippen LogP contribution in [0.25, 0.3) is 10.9 Å². The van der Waals surface area contributed by atoms with Crippen molar-refractivity contribution in [2.24, 2.45) is 0 Å². The Morgan fingerprint density at radius 1 is 0.796 bits per heavy atom. The molecule has 1 unspecified atom stereocenters. The van der Waals surface area contributed by atoms with Crippen LogP contribution in [0.5, 0.6) is 0 Å². The number of carbonyl (C=O) groups is 5. The van der Waals surface area contributed by atoms with E-state index in [4.69, 9.17) is 4.74 Å². The number of fused-ring (bicyclic) bond motifs is 2. The summed E-state index contributed by atoms with van der Waals surface area (Å²) in [6.45, 7) is 9.10. The molecule has 0 aliphatic carbocycles. The van der Waals surface area contributed by atoms with Crippen LogP contribution in [0.2, 0.25) is 0 Å². The quantitative estimate of drug-likeness (QED) is 0.115. The van der Waals surface area contributed by atoms with Gasteiger partial charge in [0.05, 0.1) is 11.4 Å². The molecule has 0 fully saturated rings. The van der Waals surface area contributed by atoms with Crippen molar-refractivity contribution in [3.8, 4) is 0 Å². The molecule has 1 N–H and O–H groups in total. The average Bonchev–Trinajstić information content (AvgIpc) is 3.48. The van der Waals surface area contributed by atoms with Crippen molar-refractivity contribution in [3.05, 3.63) is 121 Å². The van der Waals surface area contributed by atoms with Crippen LogP contribution in [0.15, 0.2) is 115 Å². The number of aromatic nitrogens is 1. The van der Waals surface area contributed by atoms with Gasteiger partial charge in [-0.3, -0.25) is 33.8 Å². The number of aryl methyl sites for hydroxylation is 1. The molecule has 54 heavy (non-hydrogen) atoms. The zero-order chi connectivity index (χ0) is 38.6. The predicted octanol–water partition coefficient (Wildman–Crippen LogP) is 7.01. The van der Waals surface area contributed by atoms with Gasteiger partial charge in [0.2, 0.25) is 5.91 Å². The Morgan fingerprint density at radius 3 is 2.07 bits per heavy atom. The molecule has 0 saturated carbocycles. The molecular formula is C43H45N5O6. The maximum atomic E-state index is 14.8. The van der Waals surface area contributed by atoms with Crippen molar-refractivity contribution in [1.29, 1.82) is 0 Å². The number of rotatable bonds is 11. The van der Waals surface area contributed by atoms with Crippen molar-refractivity contribution >= 4 is 63.3 Å².